The van der Waals surface area contributed by atoms with E-state index in [-0.39, 0.29) is 0 Å². The highest BCUT2D eigenvalue weighted by Gasteiger charge is 2.01. The van der Waals surface area contributed by atoms with Gasteiger partial charge in [-0.05, 0) is 17.7 Å². The summed E-state index contributed by atoms with van der Waals surface area (Å²) in [5, 5.41) is 4.95. The van der Waals surface area contributed by atoms with E-state index in [9.17, 15) is 0 Å². The van der Waals surface area contributed by atoms with Crippen molar-refractivity contribution in [3.05, 3.63) is 41.7 Å². The number of benzene rings is 1. The Morgan fingerprint density at radius 2 is 2.11 bits per heavy atom. The average Bonchev–Trinajstić information content (AvgIpc) is 2.81. The van der Waals surface area contributed by atoms with E-state index in [1.54, 1.807) is 22.8 Å². The first kappa shape index (κ1) is 12.7. The summed E-state index contributed by atoms with van der Waals surface area (Å²) in [7, 11) is 1.89. The monoisotopic (exact) mass is 258 g/mol. The lowest BCUT2D eigenvalue weighted by Crippen LogP contribution is -1.93. The third-order valence-electron chi connectivity index (χ3n) is 2.33. The van der Waals surface area contributed by atoms with Crippen molar-refractivity contribution in [2.45, 2.75) is 10.9 Å². The van der Waals surface area contributed by atoms with Gasteiger partial charge < -0.3 is 5.73 Å². The van der Waals surface area contributed by atoms with Gasteiger partial charge in [-0.1, -0.05) is 35.7 Å². The molecule has 0 atom stereocenters. The van der Waals surface area contributed by atoms with E-state index < -0.39 is 0 Å². The van der Waals surface area contributed by atoms with Gasteiger partial charge >= 0.3 is 0 Å². The second-order valence-electron chi connectivity index (χ2n) is 3.66. The minimum absolute atomic E-state index is 0.393. The Bertz CT molecular complexity index is 563. The molecule has 0 aliphatic rings. The normalized spacial score (nSPS) is 9.89. The molecule has 0 amide bonds. The molecule has 92 valence electrons. The van der Waals surface area contributed by atoms with E-state index in [4.69, 9.17) is 5.73 Å². The minimum atomic E-state index is 0.393. The fraction of sp³-hybridized carbons (Fsp3) is 0.231. The number of nitrogens with zero attached hydrogens (tertiary/aromatic N) is 3. The zero-order valence-corrected chi connectivity index (χ0v) is 10.9. The summed E-state index contributed by atoms with van der Waals surface area (Å²) < 4.78 is 1.77. The maximum absolute atomic E-state index is 5.33. The van der Waals surface area contributed by atoms with Crippen LogP contribution >= 0.6 is 11.8 Å². The van der Waals surface area contributed by atoms with Crippen molar-refractivity contribution < 1.29 is 0 Å². The van der Waals surface area contributed by atoms with Crippen LogP contribution in [0.2, 0.25) is 0 Å². The third-order valence-corrected chi connectivity index (χ3v) is 3.43. The predicted octanol–water partition coefficient (Wildman–Crippen LogP) is 1.42. The Balaban J connectivity index is 1.96. The van der Waals surface area contributed by atoms with E-state index in [2.05, 4.69) is 34.1 Å². The first-order valence-corrected chi connectivity index (χ1v) is 6.53. The van der Waals surface area contributed by atoms with Crippen molar-refractivity contribution in [2.75, 3.05) is 6.54 Å². The summed E-state index contributed by atoms with van der Waals surface area (Å²) in [4.78, 5) is 4.17. The standard InChI is InChI=1S/C13H14N4S/c1-17-13(15-10-16-17)18-9-12-6-4-11(5-7-12)3-2-8-14/h4-7,10H,8-9,14H2,1H3. The first-order valence-electron chi connectivity index (χ1n) is 5.54. The van der Waals surface area contributed by atoms with E-state index in [0.29, 0.717) is 6.54 Å². The lowest BCUT2D eigenvalue weighted by molar-refractivity contribution is 0.685. The SMILES string of the molecule is Cn1ncnc1SCc1ccc(C#CCN)cc1. The quantitative estimate of drug-likeness (QED) is 0.668. The van der Waals surface area contributed by atoms with Gasteiger partial charge in [-0.15, -0.1) is 0 Å². The van der Waals surface area contributed by atoms with Gasteiger partial charge in [0.15, 0.2) is 5.16 Å². The Hall–Kier alpha value is -1.77. The van der Waals surface area contributed by atoms with Gasteiger partial charge in [0.1, 0.15) is 6.33 Å². The molecule has 0 saturated heterocycles. The summed E-state index contributed by atoms with van der Waals surface area (Å²) in [6, 6.07) is 8.16. The van der Waals surface area contributed by atoms with Crippen molar-refractivity contribution in [3.63, 3.8) is 0 Å². The van der Waals surface area contributed by atoms with Crippen molar-refractivity contribution in [1.82, 2.24) is 14.8 Å². The van der Waals surface area contributed by atoms with E-state index in [0.717, 1.165) is 16.5 Å². The number of rotatable bonds is 3. The van der Waals surface area contributed by atoms with Crippen LogP contribution in [0.4, 0.5) is 0 Å². The molecule has 1 aromatic heterocycles. The molecule has 0 aliphatic carbocycles. The fourth-order valence-corrected chi connectivity index (χ4v) is 2.25. The molecule has 5 heteroatoms. The minimum Gasteiger partial charge on any atom is -0.320 e. The van der Waals surface area contributed by atoms with Crippen LogP contribution in [0.15, 0.2) is 35.7 Å². The average molecular weight is 258 g/mol. The van der Waals surface area contributed by atoms with Gasteiger partial charge in [-0.25, -0.2) is 9.67 Å². The van der Waals surface area contributed by atoms with E-state index in [1.165, 1.54) is 5.56 Å². The van der Waals surface area contributed by atoms with Gasteiger partial charge in [-0.2, -0.15) is 5.10 Å². The molecule has 2 rings (SSSR count). The van der Waals surface area contributed by atoms with Crippen LogP contribution in [0.5, 0.6) is 0 Å². The molecule has 4 nitrogen and oxygen atoms in total. The van der Waals surface area contributed by atoms with Crippen molar-refractivity contribution >= 4 is 11.8 Å². The molecule has 2 aromatic rings. The van der Waals surface area contributed by atoms with Crippen molar-refractivity contribution in [3.8, 4) is 11.8 Å². The van der Waals surface area contributed by atoms with Gasteiger partial charge in [0.05, 0.1) is 6.54 Å². The van der Waals surface area contributed by atoms with Gasteiger partial charge in [-0.3, -0.25) is 0 Å². The van der Waals surface area contributed by atoms with Crippen LogP contribution < -0.4 is 5.73 Å². The zero-order chi connectivity index (χ0) is 12.8. The first-order chi connectivity index (χ1) is 8.79. The van der Waals surface area contributed by atoms with Gasteiger partial charge in [0.2, 0.25) is 0 Å². The molecule has 1 heterocycles. The molecule has 0 radical (unpaired) electrons. The summed E-state index contributed by atoms with van der Waals surface area (Å²) in [6.07, 6.45) is 1.56. The van der Waals surface area contributed by atoms with Crippen LogP contribution in [-0.2, 0) is 12.8 Å². The van der Waals surface area contributed by atoms with E-state index >= 15 is 0 Å². The summed E-state index contributed by atoms with van der Waals surface area (Å²) in [5.74, 6) is 6.71. The Kier molecular flexibility index (Phi) is 4.40. The van der Waals surface area contributed by atoms with Crippen LogP contribution in [0.3, 0.4) is 0 Å². The topological polar surface area (TPSA) is 56.7 Å². The molecule has 0 fully saturated rings. The maximum Gasteiger partial charge on any atom is 0.186 e. The Morgan fingerprint density at radius 3 is 2.72 bits per heavy atom. The van der Waals surface area contributed by atoms with Crippen molar-refractivity contribution in [1.29, 1.82) is 0 Å². The number of thioether (sulfide) groups is 1. The highest BCUT2D eigenvalue weighted by molar-refractivity contribution is 7.98. The lowest BCUT2D eigenvalue weighted by atomic mass is 10.1. The highest BCUT2D eigenvalue weighted by Crippen LogP contribution is 2.19. The van der Waals surface area contributed by atoms with Crippen LogP contribution in [-0.4, -0.2) is 21.3 Å². The largest absolute Gasteiger partial charge is 0.320 e. The third kappa shape index (κ3) is 3.36. The summed E-state index contributed by atoms with van der Waals surface area (Å²) in [6.45, 7) is 0.393. The molecule has 0 unspecified atom stereocenters. The van der Waals surface area contributed by atoms with Crippen LogP contribution in [0, 0.1) is 11.8 Å². The number of hydrogen-bond donors (Lipinski definition) is 1. The molecule has 2 N–H and O–H groups in total. The van der Waals surface area contributed by atoms with Crippen LogP contribution in [0.1, 0.15) is 11.1 Å². The number of aromatic nitrogens is 3. The smallest absolute Gasteiger partial charge is 0.186 e. The lowest BCUT2D eigenvalue weighted by Gasteiger charge is -2.01. The van der Waals surface area contributed by atoms with E-state index in [1.807, 2.05) is 19.2 Å². The number of hydrogen-bond acceptors (Lipinski definition) is 4. The summed E-state index contributed by atoms with van der Waals surface area (Å²) in [5.41, 5.74) is 7.56. The highest BCUT2D eigenvalue weighted by atomic mass is 32.2. The molecule has 0 saturated carbocycles. The Morgan fingerprint density at radius 1 is 1.33 bits per heavy atom. The fourth-order valence-electron chi connectivity index (χ4n) is 1.40. The van der Waals surface area contributed by atoms with Gasteiger partial charge in [0.25, 0.3) is 0 Å². The molecular formula is C13H14N4S. The number of nitrogens with two attached hydrogens (primary N) is 1. The van der Waals surface area contributed by atoms with Crippen molar-refractivity contribution in [2.24, 2.45) is 12.8 Å². The molecule has 18 heavy (non-hydrogen) atoms. The molecule has 0 aliphatic heterocycles. The predicted molar refractivity (Wildman–Crippen MR) is 72.9 cm³/mol. The Labute approximate surface area is 111 Å². The van der Waals surface area contributed by atoms with Gasteiger partial charge in [0, 0.05) is 18.4 Å². The van der Waals surface area contributed by atoms with Crippen LogP contribution in [0.25, 0.3) is 0 Å². The second-order valence-corrected chi connectivity index (χ2v) is 4.60. The molecular weight excluding hydrogens is 244 g/mol. The molecule has 0 spiro atoms. The number of aryl methyl sites for hydroxylation is 1. The molecule has 0 bridgehead atoms. The second kappa shape index (κ2) is 6.24. The maximum atomic E-state index is 5.33. The zero-order valence-electron chi connectivity index (χ0n) is 10.1. The molecule has 1 aromatic carbocycles. The summed E-state index contributed by atoms with van der Waals surface area (Å²) >= 11 is 1.66.